The lowest BCUT2D eigenvalue weighted by Crippen LogP contribution is -2.23. The highest BCUT2D eigenvalue weighted by Crippen LogP contribution is 2.05. The minimum absolute atomic E-state index is 0.769. The SMILES string of the molecule is CC1CN(C)C=CN(C)C1. The molecule has 0 aromatic carbocycles. The van der Waals surface area contributed by atoms with Crippen molar-refractivity contribution in [2.75, 3.05) is 27.2 Å². The van der Waals surface area contributed by atoms with Crippen molar-refractivity contribution in [1.29, 1.82) is 0 Å². The quantitative estimate of drug-likeness (QED) is 0.494. The first-order chi connectivity index (χ1) is 4.68. The summed E-state index contributed by atoms with van der Waals surface area (Å²) >= 11 is 0. The molecular formula is C8H16N2. The molecule has 0 radical (unpaired) electrons. The van der Waals surface area contributed by atoms with Crippen molar-refractivity contribution in [3.8, 4) is 0 Å². The van der Waals surface area contributed by atoms with E-state index in [-0.39, 0.29) is 0 Å². The van der Waals surface area contributed by atoms with Crippen LogP contribution in [0.2, 0.25) is 0 Å². The van der Waals surface area contributed by atoms with Gasteiger partial charge in [0.1, 0.15) is 0 Å². The maximum Gasteiger partial charge on any atom is 0.0212 e. The van der Waals surface area contributed by atoms with Gasteiger partial charge >= 0.3 is 0 Å². The standard InChI is InChI=1S/C8H16N2/c1-8-6-9(2)4-5-10(3)7-8/h4-5,8H,6-7H2,1-3H3. The Bertz CT molecular complexity index is 117. The van der Waals surface area contributed by atoms with Crippen molar-refractivity contribution in [2.24, 2.45) is 5.92 Å². The van der Waals surface area contributed by atoms with E-state index in [0.29, 0.717) is 0 Å². The molecule has 0 saturated heterocycles. The molecule has 0 aromatic rings. The minimum atomic E-state index is 0.769. The summed E-state index contributed by atoms with van der Waals surface area (Å²) < 4.78 is 0. The molecule has 1 aliphatic heterocycles. The second kappa shape index (κ2) is 2.95. The van der Waals surface area contributed by atoms with Crippen molar-refractivity contribution < 1.29 is 0 Å². The van der Waals surface area contributed by atoms with E-state index in [1.165, 1.54) is 13.1 Å². The predicted octanol–water partition coefficient (Wildman–Crippen LogP) is 0.971. The van der Waals surface area contributed by atoms with Crippen LogP contribution in [0.15, 0.2) is 12.4 Å². The Morgan fingerprint density at radius 3 is 1.90 bits per heavy atom. The molecular weight excluding hydrogens is 124 g/mol. The van der Waals surface area contributed by atoms with Gasteiger partial charge in [-0.1, -0.05) is 6.92 Å². The number of hydrogen-bond donors (Lipinski definition) is 0. The molecule has 1 heterocycles. The molecule has 58 valence electrons. The molecule has 1 rings (SSSR count). The van der Waals surface area contributed by atoms with Crippen LogP contribution in [0, 0.1) is 5.92 Å². The van der Waals surface area contributed by atoms with Gasteiger partial charge in [0.2, 0.25) is 0 Å². The van der Waals surface area contributed by atoms with E-state index < -0.39 is 0 Å². The molecule has 0 unspecified atom stereocenters. The third kappa shape index (κ3) is 1.94. The van der Waals surface area contributed by atoms with Gasteiger partial charge in [0.15, 0.2) is 0 Å². The van der Waals surface area contributed by atoms with Crippen LogP contribution in [0.1, 0.15) is 6.92 Å². The zero-order valence-corrected chi connectivity index (χ0v) is 7.04. The van der Waals surface area contributed by atoms with Gasteiger partial charge in [-0.25, -0.2) is 0 Å². The second-order valence-electron chi connectivity index (χ2n) is 3.28. The fourth-order valence-corrected chi connectivity index (χ4v) is 1.39. The molecule has 0 aliphatic carbocycles. The lowest BCUT2D eigenvalue weighted by Gasteiger charge is -2.17. The third-order valence-corrected chi connectivity index (χ3v) is 1.77. The summed E-state index contributed by atoms with van der Waals surface area (Å²) in [6, 6.07) is 0. The van der Waals surface area contributed by atoms with Gasteiger partial charge < -0.3 is 9.80 Å². The molecule has 0 spiro atoms. The van der Waals surface area contributed by atoms with Crippen molar-refractivity contribution in [3.05, 3.63) is 12.4 Å². The zero-order valence-electron chi connectivity index (χ0n) is 7.04. The summed E-state index contributed by atoms with van der Waals surface area (Å²) in [5, 5.41) is 0. The van der Waals surface area contributed by atoms with E-state index in [1.54, 1.807) is 0 Å². The summed E-state index contributed by atoms with van der Waals surface area (Å²) in [5.74, 6) is 0.769. The highest BCUT2D eigenvalue weighted by Gasteiger charge is 2.08. The van der Waals surface area contributed by atoms with E-state index in [0.717, 1.165) is 5.92 Å². The molecule has 0 saturated carbocycles. The van der Waals surface area contributed by atoms with Gasteiger partial charge in [-0.15, -0.1) is 0 Å². The van der Waals surface area contributed by atoms with E-state index >= 15 is 0 Å². The first kappa shape index (κ1) is 7.45. The molecule has 0 atom stereocenters. The van der Waals surface area contributed by atoms with Gasteiger partial charge in [-0.3, -0.25) is 0 Å². The Hall–Kier alpha value is -0.660. The Morgan fingerprint density at radius 2 is 1.50 bits per heavy atom. The molecule has 0 amide bonds. The molecule has 2 heteroatoms. The van der Waals surface area contributed by atoms with Crippen LogP contribution in [-0.4, -0.2) is 37.0 Å². The maximum absolute atomic E-state index is 2.28. The summed E-state index contributed by atoms with van der Waals surface area (Å²) in [5.41, 5.74) is 0. The van der Waals surface area contributed by atoms with Crippen molar-refractivity contribution in [3.63, 3.8) is 0 Å². The average molecular weight is 140 g/mol. The number of hydrogen-bond acceptors (Lipinski definition) is 2. The van der Waals surface area contributed by atoms with E-state index in [1.807, 2.05) is 0 Å². The van der Waals surface area contributed by atoms with Gasteiger partial charge in [0, 0.05) is 39.6 Å². The van der Waals surface area contributed by atoms with E-state index in [2.05, 4.69) is 43.2 Å². The van der Waals surface area contributed by atoms with Crippen molar-refractivity contribution in [1.82, 2.24) is 9.80 Å². The Morgan fingerprint density at radius 1 is 1.10 bits per heavy atom. The van der Waals surface area contributed by atoms with Gasteiger partial charge in [-0.2, -0.15) is 0 Å². The van der Waals surface area contributed by atoms with Crippen LogP contribution < -0.4 is 0 Å². The molecule has 0 bridgehead atoms. The molecule has 0 fully saturated rings. The molecule has 0 N–H and O–H groups in total. The van der Waals surface area contributed by atoms with Crippen molar-refractivity contribution in [2.45, 2.75) is 6.92 Å². The van der Waals surface area contributed by atoms with Crippen LogP contribution in [0.5, 0.6) is 0 Å². The predicted molar refractivity (Wildman–Crippen MR) is 43.6 cm³/mol. The van der Waals surface area contributed by atoms with E-state index in [4.69, 9.17) is 0 Å². The Kier molecular flexibility index (Phi) is 2.20. The Labute approximate surface area is 63.1 Å². The monoisotopic (exact) mass is 140 g/mol. The Balaban J connectivity index is 2.51. The molecule has 10 heavy (non-hydrogen) atoms. The van der Waals surface area contributed by atoms with Crippen molar-refractivity contribution >= 4 is 0 Å². The fraction of sp³-hybridized carbons (Fsp3) is 0.750. The van der Waals surface area contributed by atoms with Gasteiger partial charge in [0.05, 0.1) is 0 Å². The summed E-state index contributed by atoms with van der Waals surface area (Å²) in [4.78, 5) is 4.46. The fourth-order valence-electron chi connectivity index (χ4n) is 1.39. The zero-order chi connectivity index (χ0) is 7.56. The van der Waals surface area contributed by atoms with E-state index in [9.17, 15) is 0 Å². The van der Waals surface area contributed by atoms with Crippen LogP contribution in [0.25, 0.3) is 0 Å². The summed E-state index contributed by atoms with van der Waals surface area (Å²) in [6.45, 7) is 4.61. The van der Waals surface area contributed by atoms with Crippen LogP contribution in [-0.2, 0) is 0 Å². The van der Waals surface area contributed by atoms with Crippen LogP contribution in [0.3, 0.4) is 0 Å². The lowest BCUT2D eigenvalue weighted by molar-refractivity contribution is 0.335. The lowest BCUT2D eigenvalue weighted by atomic mass is 10.2. The number of nitrogens with zero attached hydrogens (tertiary/aromatic N) is 2. The minimum Gasteiger partial charge on any atom is -0.379 e. The third-order valence-electron chi connectivity index (χ3n) is 1.77. The summed E-state index contributed by atoms with van der Waals surface area (Å²) in [7, 11) is 4.23. The highest BCUT2D eigenvalue weighted by atomic mass is 15.2. The molecule has 2 nitrogen and oxygen atoms in total. The molecule has 0 aromatic heterocycles. The van der Waals surface area contributed by atoms with Gasteiger partial charge in [0.25, 0.3) is 0 Å². The van der Waals surface area contributed by atoms with Crippen LogP contribution in [0.4, 0.5) is 0 Å². The first-order valence-electron chi connectivity index (χ1n) is 3.77. The maximum atomic E-state index is 2.28. The van der Waals surface area contributed by atoms with Gasteiger partial charge in [-0.05, 0) is 5.92 Å². The number of rotatable bonds is 0. The smallest absolute Gasteiger partial charge is 0.0212 e. The normalized spacial score (nSPS) is 21.5. The first-order valence-corrected chi connectivity index (χ1v) is 3.77. The highest BCUT2D eigenvalue weighted by molar-refractivity contribution is 4.85. The molecule has 1 aliphatic rings. The summed E-state index contributed by atoms with van der Waals surface area (Å²) in [6.07, 6.45) is 4.26. The second-order valence-corrected chi connectivity index (χ2v) is 3.28. The largest absolute Gasteiger partial charge is 0.379 e. The topological polar surface area (TPSA) is 6.48 Å². The average Bonchev–Trinajstić information content (AvgIpc) is 1.93. The van der Waals surface area contributed by atoms with Crippen LogP contribution >= 0.6 is 0 Å².